The van der Waals surface area contributed by atoms with Crippen molar-refractivity contribution in [2.75, 3.05) is 9.80 Å². The highest BCUT2D eigenvalue weighted by Gasteiger charge is 2.42. The molecule has 10 heteroatoms. The van der Waals surface area contributed by atoms with Crippen molar-refractivity contribution in [3.8, 4) is 0 Å². The summed E-state index contributed by atoms with van der Waals surface area (Å²) in [5.74, 6) is -2.00. The Balaban J connectivity index is 1.56. The van der Waals surface area contributed by atoms with Crippen LogP contribution in [0.4, 0.5) is 11.6 Å². The van der Waals surface area contributed by atoms with Crippen molar-refractivity contribution in [2.45, 2.75) is 13.8 Å². The van der Waals surface area contributed by atoms with Crippen LogP contribution < -0.4 is 9.80 Å². The van der Waals surface area contributed by atoms with E-state index in [1.165, 1.54) is 24.3 Å². The van der Waals surface area contributed by atoms with Crippen molar-refractivity contribution in [1.82, 2.24) is 9.97 Å². The highest BCUT2D eigenvalue weighted by atomic mass is 79.9. The van der Waals surface area contributed by atoms with Gasteiger partial charge >= 0.3 is 0 Å². The predicted octanol–water partition coefficient (Wildman–Crippen LogP) is 5.37. The average molecular weight is 606 g/mol. The number of benzene rings is 2. The molecule has 2 aromatic carbocycles. The zero-order valence-corrected chi connectivity index (χ0v) is 22.0. The van der Waals surface area contributed by atoms with E-state index in [2.05, 4.69) is 41.8 Å². The van der Waals surface area contributed by atoms with Gasteiger partial charge in [0.15, 0.2) is 11.6 Å². The molecule has 0 bridgehead atoms. The Morgan fingerprint density at radius 1 is 0.583 bits per heavy atom. The molecule has 0 spiro atoms. The maximum atomic E-state index is 13.6. The van der Waals surface area contributed by atoms with Gasteiger partial charge in [-0.1, -0.05) is 0 Å². The Hall–Kier alpha value is -3.76. The van der Waals surface area contributed by atoms with Crippen molar-refractivity contribution >= 4 is 77.9 Å². The van der Waals surface area contributed by atoms with E-state index in [0.717, 1.165) is 20.9 Å². The quantitative estimate of drug-likeness (QED) is 0.285. The Morgan fingerprint density at radius 3 is 1.17 bits per heavy atom. The number of halogens is 2. The van der Waals surface area contributed by atoms with Gasteiger partial charge in [-0.3, -0.25) is 19.2 Å². The smallest absolute Gasteiger partial charge is 0.267 e. The van der Waals surface area contributed by atoms with E-state index in [1.807, 2.05) is 13.8 Å². The van der Waals surface area contributed by atoms with Crippen molar-refractivity contribution in [3.63, 3.8) is 0 Å². The van der Waals surface area contributed by atoms with Gasteiger partial charge < -0.3 is 0 Å². The summed E-state index contributed by atoms with van der Waals surface area (Å²) in [6.45, 7) is 3.70. The lowest BCUT2D eigenvalue weighted by Crippen LogP contribution is -2.44. The molecule has 2 aromatic heterocycles. The highest BCUT2D eigenvalue weighted by Crippen LogP contribution is 2.41. The van der Waals surface area contributed by atoms with Crippen LogP contribution in [0.25, 0.3) is 10.8 Å². The van der Waals surface area contributed by atoms with Gasteiger partial charge in [-0.25, -0.2) is 19.8 Å². The molecular formula is C26H14Br2N4O4. The largest absolute Gasteiger partial charge is 0.268 e. The summed E-state index contributed by atoms with van der Waals surface area (Å²) in [6, 6.07) is 9.58. The second kappa shape index (κ2) is 7.87. The topological polar surface area (TPSA) is 101 Å². The van der Waals surface area contributed by atoms with E-state index in [0.29, 0.717) is 8.95 Å². The number of pyridine rings is 2. The number of rotatable bonds is 2. The average Bonchev–Trinajstić information content (AvgIpc) is 2.83. The molecule has 2 aliphatic heterocycles. The molecule has 4 aromatic rings. The molecule has 0 unspecified atom stereocenters. The van der Waals surface area contributed by atoms with E-state index < -0.39 is 23.6 Å². The first-order valence-corrected chi connectivity index (χ1v) is 12.4. The molecule has 36 heavy (non-hydrogen) atoms. The summed E-state index contributed by atoms with van der Waals surface area (Å²) in [7, 11) is 0. The molecule has 0 radical (unpaired) electrons. The molecule has 0 saturated carbocycles. The summed E-state index contributed by atoms with van der Waals surface area (Å²) >= 11 is 6.80. The Bertz CT molecular complexity index is 1540. The molecule has 6 rings (SSSR count). The van der Waals surface area contributed by atoms with Crippen LogP contribution >= 0.6 is 31.9 Å². The highest BCUT2D eigenvalue weighted by molar-refractivity contribution is 9.11. The van der Waals surface area contributed by atoms with Gasteiger partial charge in [-0.05, 0) is 93.2 Å². The monoisotopic (exact) mass is 604 g/mol. The van der Waals surface area contributed by atoms with E-state index >= 15 is 0 Å². The SMILES string of the molecule is Cc1cnc(N2C(=O)c3ccc4c5c(ccc(c35)C2=O)C(=O)N(c2ncc(C)cc2Br)C4=O)c(Br)c1. The summed E-state index contributed by atoms with van der Waals surface area (Å²) < 4.78 is 0.992. The third-order valence-electron chi connectivity index (χ3n) is 6.24. The number of imide groups is 2. The Kier molecular flexibility index (Phi) is 4.96. The van der Waals surface area contributed by atoms with E-state index in [4.69, 9.17) is 0 Å². The van der Waals surface area contributed by atoms with Crippen LogP contribution in [-0.4, -0.2) is 33.6 Å². The van der Waals surface area contributed by atoms with Gasteiger partial charge in [0.25, 0.3) is 23.6 Å². The first-order valence-electron chi connectivity index (χ1n) is 10.8. The third-order valence-corrected chi connectivity index (χ3v) is 7.40. The number of hydrogen-bond acceptors (Lipinski definition) is 6. The number of hydrogen-bond donors (Lipinski definition) is 0. The first-order chi connectivity index (χ1) is 17.2. The second-order valence-corrected chi connectivity index (χ2v) is 10.3. The molecule has 2 aliphatic rings. The molecular weight excluding hydrogens is 592 g/mol. The first kappa shape index (κ1) is 22.7. The van der Waals surface area contributed by atoms with Crippen molar-refractivity contribution < 1.29 is 19.2 Å². The minimum atomic E-state index is -0.585. The zero-order valence-electron chi connectivity index (χ0n) is 18.8. The van der Waals surface area contributed by atoms with E-state index in [-0.39, 0.29) is 44.7 Å². The lowest BCUT2D eigenvalue weighted by molar-refractivity contribution is 0.0871. The van der Waals surface area contributed by atoms with Crippen LogP contribution in [0, 0.1) is 13.8 Å². The Morgan fingerprint density at radius 2 is 0.889 bits per heavy atom. The number of carbonyl (C=O) groups is 4. The van der Waals surface area contributed by atoms with E-state index in [1.54, 1.807) is 24.5 Å². The lowest BCUT2D eigenvalue weighted by Gasteiger charge is -2.31. The fraction of sp³-hybridized carbons (Fsp3) is 0.0769. The summed E-state index contributed by atoms with van der Waals surface area (Å²) in [5, 5.41) is 0.577. The molecule has 0 atom stereocenters. The molecule has 0 aliphatic carbocycles. The lowest BCUT2D eigenvalue weighted by atomic mass is 9.86. The number of nitrogens with zero attached hydrogens (tertiary/aromatic N) is 4. The molecule has 0 fully saturated rings. The van der Waals surface area contributed by atoms with Crippen molar-refractivity contribution in [2.24, 2.45) is 0 Å². The number of carbonyl (C=O) groups excluding carboxylic acids is 4. The molecule has 8 nitrogen and oxygen atoms in total. The number of anilines is 2. The van der Waals surface area contributed by atoms with Gasteiger partial charge in [0.2, 0.25) is 0 Å². The Labute approximate surface area is 221 Å². The summed E-state index contributed by atoms with van der Waals surface area (Å²) in [4.78, 5) is 64.8. The van der Waals surface area contributed by atoms with Crippen LogP contribution in [0.15, 0.2) is 57.7 Å². The van der Waals surface area contributed by atoms with Gasteiger partial charge in [-0.2, -0.15) is 0 Å². The van der Waals surface area contributed by atoms with Crippen molar-refractivity contribution in [3.05, 3.63) is 91.1 Å². The molecule has 0 saturated heterocycles. The molecule has 4 heterocycles. The van der Waals surface area contributed by atoms with Gasteiger partial charge in [0, 0.05) is 45.4 Å². The summed E-state index contributed by atoms with van der Waals surface area (Å²) in [6.07, 6.45) is 3.14. The van der Waals surface area contributed by atoms with Gasteiger partial charge in [-0.15, -0.1) is 0 Å². The van der Waals surface area contributed by atoms with Crippen LogP contribution in [0.3, 0.4) is 0 Å². The molecule has 0 N–H and O–H groups in total. The summed E-state index contributed by atoms with van der Waals surface area (Å²) in [5.41, 5.74) is 2.56. The minimum Gasteiger partial charge on any atom is -0.268 e. The molecule has 176 valence electrons. The maximum Gasteiger partial charge on any atom is 0.267 e. The van der Waals surface area contributed by atoms with Crippen LogP contribution in [-0.2, 0) is 0 Å². The maximum absolute atomic E-state index is 13.6. The number of aromatic nitrogens is 2. The van der Waals surface area contributed by atoms with Crippen molar-refractivity contribution in [1.29, 1.82) is 0 Å². The van der Waals surface area contributed by atoms with Gasteiger partial charge in [0.1, 0.15) is 0 Å². The zero-order chi connectivity index (χ0) is 25.5. The second-order valence-electron chi connectivity index (χ2n) is 8.60. The van der Waals surface area contributed by atoms with Gasteiger partial charge in [0.05, 0.1) is 8.95 Å². The fourth-order valence-electron chi connectivity index (χ4n) is 4.64. The fourth-order valence-corrected chi connectivity index (χ4v) is 5.92. The normalized spacial score (nSPS) is 14.8. The predicted molar refractivity (Wildman–Crippen MR) is 140 cm³/mol. The third kappa shape index (κ3) is 3.04. The van der Waals surface area contributed by atoms with Crippen LogP contribution in [0.1, 0.15) is 52.6 Å². The van der Waals surface area contributed by atoms with E-state index in [9.17, 15) is 19.2 Å². The minimum absolute atomic E-state index is 0.170. The van der Waals surface area contributed by atoms with Crippen LogP contribution in [0.5, 0.6) is 0 Å². The number of amides is 4. The standard InChI is InChI=1S/C26H14Br2N4O4/c1-11-7-17(27)21(29-9-11)31-23(33)13-3-5-15-20-16(6-4-14(19(13)20)24(31)34)26(36)32(25(15)35)22-18(28)8-12(2)10-30-22/h3-10H,1-2H3. The number of aryl methyl sites for hydroxylation is 2. The van der Waals surface area contributed by atoms with Crippen LogP contribution in [0.2, 0.25) is 0 Å². The molecule has 4 amide bonds.